The average Bonchev–Trinajstić information content (AvgIpc) is 2.76. The third kappa shape index (κ3) is 2.51. The van der Waals surface area contributed by atoms with Gasteiger partial charge in [-0.3, -0.25) is 9.48 Å². The Labute approximate surface area is 102 Å². The first-order chi connectivity index (χ1) is 8.56. The van der Waals surface area contributed by atoms with Crippen LogP contribution in [0.25, 0.3) is 0 Å². The van der Waals surface area contributed by atoms with E-state index in [9.17, 15) is 9.59 Å². The maximum absolute atomic E-state index is 11.8. The van der Waals surface area contributed by atoms with Crippen LogP contribution in [0, 0.1) is 0 Å². The minimum Gasteiger partial charge on any atom is -0.477 e. The molecule has 0 aliphatic rings. The van der Waals surface area contributed by atoms with Gasteiger partial charge in [-0.25, -0.2) is 9.78 Å². The van der Waals surface area contributed by atoms with Crippen LogP contribution < -0.4 is 5.32 Å². The Morgan fingerprint density at radius 2 is 2.17 bits per heavy atom. The Hall–Kier alpha value is -2.70. The highest BCUT2D eigenvalue weighted by Crippen LogP contribution is 2.07. The van der Waals surface area contributed by atoms with Gasteiger partial charge in [0.2, 0.25) is 0 Å². The topological polar surface area (TPSA) is 97.1 Å². The third-order valence-electron chi connectivity index (χ3n) is 2.18. The van der Waals surface area contributed by atoms with Crippen LogP contribution in [0.1, 0.15) is 20.8 Å². The van der Waals surface area contributed by atoms with Gasteiger partial charge in [0.15, 0.2) is 5.69 Å². The molecule has 92 valence electrons. The summed E-state index contributed by atoms with van der Waals surface area (Å²) in [4.78, 5) is 26.3. The van der Waals surface area contributed by atoms with E-state index in [-0.39, 0.29) is 11.5 Å². The normalized spacial score (nSPS) is 10.1. The Morgan fingerprint density at radius 1 is 1.39 bits per heavy atom. The molecule has 2 aromatic rings. The summed E-state index contributed by atoms with van der Waals surface area (Å²) in [6.45, 7) is 0. The molecular formula is C11H10N4O3. The minimum absolute atomic E-state index is 0.126. The molecule has 2 N–H and O–H groups in total. The molecule has 0 atom stereocenters. The second-order valence-corrected chi connectivity index (χ2v) is 3.57. The SMILES string of the molecule is Cn1cc(C(=O)Nc2cccc(C(=O)O)n2)cn1. The number of nitrogens with zero attached hydrogens (tertiary/aromatic N) is 3. The highest BCUT2D eigenvalue weighted by molar-refractivity contribution is 6.03. The van der Waals surface area contributed by atoms with E-state index in [4.69, 9.17) is 5.11 Å². The number of hydrogen-bond donors (Lipinski definition) is 2. The van der Waals surface area contributed by atoms with Crippen LogP contribution in [0.15, 0.2) is 30.6 Å². The lowest BCUT2D eigenvalue weighted by Gasteiger charge is -2.03. The minimum atomic E-state index is -1.15. The zero-order valence-corrected chi connectivity index (χ0v) is 9.49. The van der Waals surface area contributed by atoms with Crippen LogP contribution in [0.3, 0.4) is 0 Å². The summed E-state index contributed by atoms with van der Waals surface area (Å²) in [5.41, 5.74) is 0.249. The molecule has 0 fully saturated rings. The predicted molar refractivity (Wildman–Crippen MR) is 62.4 cm³/mol. The van der Waals surface area contributed by atoms with Gasteiger partial charge in [-0.1, -0.05) is 6.07 Å². The third-order valence-corrected chi connectivity index (χ3v) is 2.18. The molecule has 7 heteroatoms. The number of aryl methyl sites for hydroxylation is 1. The van der Waals surface area contributed by atoms with Crippen LogP contribution in [-0.4, -0.2) is 31.7 Å². The van der Waals surface area contributed by atoms with Crippen molar-refractivity contribution in [2.24, 2.45) is 7.05 Å². The molecule has 0 spiro atoms. The molecule has 1 amide bonds. The van der Waals surface area contributed by atoms with E-state index in [1.165, 1.54) is 29.1 Å². The molecule has 2 heterocycles. The number of carbonyl (C=O) groups excluding carboxylic acids is 1. The van der Waals surface area contributed by atoms with E-state index in [0.29, 0.717) is 5.56 Å². The number of amides is 1. The predicted octanol–water partition coefficient (Wildman–Crippen LogP) is 0.766. The van der Waals surface area contributed by atoms with Crippen molar-refractivity contribution in [3.05, 3.63) is 41.9 Å². The molecule has 7 nitrogen and oxygen atoms in total. The highest BCUT2D eigenvalue weighted by atomic mass is 16.4. The van der Waals surface area contributed by atoms with Crippen molar-refractivity contribution in [3.63, 3.8) is 0 Å². The number of aromatic carboxylic acids is 1. The number of carboxylic acids is 1. The molecule has 0 radical (unpaired) electrons. The van der Waals surface area contributed by atoms with Gasteiger partial charge in [0.1, 0.15) is 5.82 Å². The fraction of sp³-hybridized carbons (Fsp3) is 0.0909. The summed E-state index contributed by atoms with van der Waals surface area (Å²) in [6, 6.07) is 4.37. The zero-order valence-electron chi connectivity index (χ0n) is 9.49. The van der Waals surface area contributed by atoms with Crippen LogP contribution in [0.2, 0.25) is 0 Å². The van der Waals surface area contributed by atoms with Gasteiger partial charge < -0.3 is 10.4 Å². The molecular weight excluding hydrogens is 236 g/mol. The van der Waals surface area contributed by atoms with Crippen molar-refractivity contribution >= 4 is 17.7 Å². The van der Waals surface area contributed by atoms with Crippen molar-refractivity contribution in [1.82, 2.24) is 14.8 Å². The quantitative estimate of drug-likeness (QED) is 0.833. The van der Waals surface area contributed by atoms with Crippen LogP contribution in [-0.2, 0) is 7.05 Å². The lowest BCUT2D eigenvalue weighted by molar-refractivity contribution is 0.0690. The number of rotatable bonds is 3. The Kier molecular flexibility index (Phi) is 3.05. The summed E-state index contributed by atoms with van der Waals surface area (Å²) >= 11 is 0. The van der Waals surface area contributed by atoms with Crippen LogP contribution in [0.5, 0.6) is 0 Å². The van der Waals surface area contributed by atoms with E-state index < -0.39 is 11.9 Å². The van der Waals surface area contributed by atoms with Crippen molar-refractivity contribution in [3.8, 4) is 0 Å². The largest absolute Gasteiger partial charge is 0.477 e. The van der Waals surface area contributed by atoms with Gasteiger partial charge in [-0.05, 0) is 12.1 Å². The molecule has 2 rings (SSSR count). The van der Waals surface area contributed by atoms with E-state index in [1.54, 1.807) is 13.2 Å². The first-order valence-corrected chi connectivity index (χ1v) is 5.06. The van der Waals surface area contributed by atoms with Gasteiger partial charge in [-0.15, -0.1) is 0 Å². The number of nitrogens with one attached hydrogen (secondary N) is 1. The smallest absolute Gasteiger partial charge is 0.354 e. The first kappa shape index (κ1) is 11.8. The molecule has 0 aromatic carbocycles. The second-order valence-electron chi connectivity index (χ2n) is 3.57. The van der Waals surface area contributed by atoms with Gasteiger partial charge >= 0.3 is 5.97 Å². The number of carbonyl (C=O) groups is 2. The molecule has 0 unspecified atom stereocenters. The van der Waals surface area contributed by atoms with Gasteiger partial charge in [0.25, 0.3) is 5.91 Å². The molecule has 18 heavy (non-hydrogen) atoms. The van der Waals surface area contributed by atoms with Gasteiger partial charge in [0.05, 0.1) is 11.8 Å². The summed E-state index contributed by atoms with van der Waals surface area (Å²) in [6.07, 6.45) is 2.97. The maximum Gasteiger partial charge on any atom is 0.354 e. The summed E-state index contributed by atoms with van der Waals surface area (Å²) in [5, 5.41) is 15.1. The van der Waals surface area contributed by atoms with E-state index in [0.717, 1.165) is 0 Å². The zero-order chi connectivity index (χ0) is 13.1. The standard InChI is InChI=1S/C11H10N4O3/c1-15-6-7(5-12-15)10(16)14-9-4-2-3-8(13-9)11(17)18/h2-6H,1H3,(H,17,18)(H,13,14,16). The first-order valence-electron chi connectivity index (χ1n) is 5.06. The summed E-state index contributed by atoms with van der Waals surface area (Å²) < 4.78 is 1.50. The van der Waals surface area contributed by atoms with Crippen molar-refractivity contribution in [2.45, 2.75) is 0 Å². The summed E-state index contributed by atoms with van der Waals surface area (Å²) in [5.74, 6) is -1.35. The lowest BCUT2D eigenvalue weighted by Crippen LogP contribution is -2.13. The number of aromatic nitrogens is 3. The monoisotopic (exact) mass is 246 g/mol. The highest BCUT2D eigenvalue weighted by Gasteiger charge is 2.10. The Bertz CT molecular complexity index is 606. The lowest BCUT2D eigenvalue weighted by atomic mass is 10.3. The fourth-order valence-electron chi connectivity index (χ4n) is 1.35. The number of carboxylic acid groups (broad SMARTS) is 1. The molecule has 0 aliphatic heterocycles. The van der Waals surface area contributed by atoms with Gasteiger partial charge in [-0.2, -0.15) is 5.10 Å². The number of pyridine rings is 1. The van der Waals surface area contributed by atoms with Crippen LogP contribution >= 0.6 is 0 Å². The molecule has 2 aromatic heterocycles. The summed E-state index contributed by atoms with van der Waals surface area (Å²) in [7, 11) is 1.69. The molecule has 0 saturated heterocycles. The van der Waals surface area contributed by atoms with Crippen molar-refractivity contribution < 1.29 is 14.7 Å². The fourth-order valence-corrected chi connectivity index (χ4v) is 1.35. The molecule has 0 saturated carbocycles. The average molecular weight is 246 g/mol. The van der Waals surface area contributed by atoms with Crippen LogP contribution in [0.4, 0.5) is 5.82 Å². The van der Waals surface area contributed by atoms with Crippen molar-refractivity contribution in [1.29, 1.82) is 0 Å². The molecule has 0 bridgehead atoms. The van der Waals surface area contributed by atoms with Gasteiger partial charge in [0, 0.05) is 13.2 Å². The second kappa shape index (κ2) is 4.66. The Morgan fingerprint density at radius 3 is 2.78 bits per heavy atom. The number of anilines is 1. The van der Waals surface area contributed by atoms with E-state index >= 15 is 0 Å². The maximum atomic E-state index is 11.8. The molecule has 0 aliphatic carbocycles. The Balaban J connectivity index is 2.16. The van der Waals surface area contributed by atoms with Crippen molar-refractivity contribution in [2.75, 3.05) is 5.32 Å². The number of hydrogen-bond acceptors (Lipinski definition) is 4. The van der Waals surface area contributed by atoms with E-state index in [2.05, 4.69) is 15.4 Å². The van der Waals surface area contributed by atoms with E-state index in [1.807, 2.05) is 0 Å².